The zero-order chi connectivity index (χ0) is 14.0. The fraction of sp³-hybridized carbons (Fsp3) is 0.545. The van der Waals surface area contributed by atoms with Gasteiger partial charge in [-0.1, -0.05) is 0 Å². The zero-order valence-electron chi connectivity index (χ0n) is 10.9. The van der Waals surface area contributed by atoms with Crippen molar-refractivity contribution >= 4 is 49.4 Å². The van der Waals surface area contributed by atoms with Crippen molar-refractivity contribution in [2.45, 2.75) is 0 Å². The van der Waals surface area contributed by atoms with Gasteiger partial charge in [0.05, 0.1) is 0 Å². The van der Waals surface area contributed by atoms with Crippen LogP contribution >= 0.6 is 11.8 Å². The van der Waals surface area contributed by atoms with Gasteiger partial charge < -0.3 is 0 Å². The second kappa shape index (κ2) is 6.28. The molecule has 0 spiro atoms. The Balaban J connectivity index is 2.06. The van der Waals surface area contributed by atoms with Crippen molar-refractivity contribution in [3.63, 3.8) is 0 Å². The summed E-state index contributed by atoms with van der Waals surface area (Å²) in [6, 6.07) is 0. The fourth-order valence-corrected chi connectivity index (χ4v) is 5.65. The number of hydrogen-bond donors (Lipinski definition) is 0. The van der Waals surface area contributed by atoms with Crippen LogP contribution in [0.15, 0.2) is 12.0 Å². The minimum atomic E-state index is -1.61. The summed E-state index contributed by atoms with van der Waals surface area (Å²) >= 11 is 4.28. The first kappa shape index (κ1) is 14.9. The van der Waals surface area contributed by atoms with Crippen LogP contribution in [0.4, 0.5) is 0 Å². The number of likely N-dealkylation sites (N-methyl/N-ethyl adjacent to an activating group) is 1. The second-order valence-corrected chi connectivity index (χ2v) is 9.81. The van der Waals surface area contributed by atoms with E-state index in [9.17, 15) is 9.59 Å². The molecule has 0 N–H and O–H groups in total. The molecule has 0 saturated carbocycles. The van der Waals surface area contributed by atoms with Crippen molar-refractivity contribution in [3.05, 3.63) is 12.0 Å². The van der Waals surface area contributed by atoms with Crippen molar-refractivity contribution in [2.75, 3.05) is 40.3 Å². The van der Waals surface area contributed by atoms with Gasteiger partial charge >= 0.3 is 128 Å². The van der Waals surface area contributed by atoms with Gasteiger partial charge in [0.25, 0.3) is 0 Å². The van der Waals surface area contributed by atoms with Crippen molar-refractivity contribution in [2.24, 2.45) is 0 Å². The maximum atomic E-state index is 12.2. The van der Waals surface area contributed by atoms with Gasteiger partial charge in [-0.3, -0.25) is 0 Å². The number of ketones is 1. The van der Waals surface area contributed by atoms with Crippen molar-refractivity contribution < 1.29 is 14.3 Å². The number of ether oxygens (including phenoxy) is 1. The molecule has 0 atom stereocenters. The normalized spacial score (nSPS) is 19.7. The van der Waals surface area contributed by atoms with Crippen LogP contribution in [0.25, 0.3) is 0 Å². The molecule has 1 amide bonds. The Morgan fingerprint density at radius 2 is 1.95 bits per heavy atom. The van der Waals surface area contributed by atoms with E-state index in [4.69, 9.17) is 16.5 Å². The third-order valence-corrected chi connectivity index (χ3v) is 7.39. The monoisotopic (exact) mass is 387 g/mol. The van der Waals surface area contributed by atoms with Gasteiger partial charge in [0.15, 0.2) is 0 Å². The summed E-state index contributed by atoms with van der Waals surface area (Å²) in [6.07, 6.45) is 1.59. The van der Waals surface area contributed by atoms with Crippen LogP contribution in [0.1, 0.15) is 0 Å². The summed E-state index contributed by atoms with van der Waals surface area (Å²) in [6.45, 7) is 2.78. The van der Waals surface area contributed by atoms with E-state index in [1.54, 1.807) is 11.1 Å². The van der Waals surface area contributed by atoms with Crippen LogP contribution in [-0.4, -0.2) is 90.2 Å². The Kier molecular flexibility index (Phi) is 4.92. The molecule has 0 bridgehead atoms. The molecular formula is C11H15ClInN3O3. The van der Waals surface area contributed by atoms with E-state index >= 15 is 0 Å². The molecule has 2 aliphatic heterocycles. The van der Waals surface area contributed by atoms with Crippen LogP contribution in [0.2, 0.25) is 0 Å². The van der Waals surface area contributed by atoms with Crippen LogP contribution < -0.4 is 0 Å². The summed E-state index contributed by atoms with van der Waals surface area (Å²) in [5, 5.41) is 0. The summed E-state index contributed by atoms with van der Waals surface area (Å²) in [4.78, 5) is 28.2. The Bertz CT molecular complexity index is 458. The van der Waals surface area contributed by atoms with Gasteiger partial charge in [0, 0.05) is 0 Å². The number of piperazine rings is 1. The second-order valence-electron chi connectivity index (χ2n) is 4.51. The molecule has 102 valence electrons. The van der Waals surface area contributed by atoms with Crippen molar-refractivity contribution in [3.8, 4) is 0 Å². The third kappa shape index (κ3) is 3.32. The van der Waals surface area contributed by atoms with Gasteiger partial charge in [-0.2, -0.15) is 0 Å². The van der Waals surface area contributed by atoms with E-state index in [1.807, 2.05) is 7.05 Å². The Morgan fingerprint density at radius 1 is 1.32 bits per heavy atom. The summed E-state index contributed by atoms with van der Waals surface area (Å²) in [5.41, 5.74) is 0. The summed E-state index contributed by atoms with van der Waals surface area (Å²) < 4.78 is 7.13. The molecule has 0 radical (unpaired) electrons. The fourth-order valence-electron chi connectivity index (χ4n) is 2.01. The number of Topliss-reactive ketones (excluding diaryl/α,β-unsaturated/α-hetero) is 1. The van der Waals surface area contributed by atoms with E-state index in [2.05, 4.69) is 4.90 Å². The van der Waals surface area contributed by atoms with E-state index in [0.717, 1.165) is 13.1 Å². The Hall–Kier alpha value is -0.530. The SMILES string of the molecule is COC1=C[N](Cl)[In]=[C]1C(=O)C(=O)N1CCN(C)CC1. The number of rotatable bonds is 3. The molecular weight excluding hydrogens is 372 g/mol. The molecule has 0 aliphatic carbocycles. The number of carbonyl (C=O) groups is 2. The number of nitrogens with zero attached hydrogens (tertiary/aromatic N) is 3. The molecule has 2 rings (SSSR count). The van der Waals surface area contributed by atoms with Gasteiger partial charge in [-0.05, 0) is 0 Å². The predicted molar refractivity (Wildman–Crippen MR) is 72.6 cm³/mol. The van der Waals surface area contributed by atoms with Gasteiger partial charge in [0.2, 0.25) is 0 Å². The molecule has 8 heteroatoms. The number of halogens is 1. The number of carbonyl (C=O) groups excluding carboxylic acids is 2. The molecule has 1 fully saturated rings. The van der Waals surface area contributed by atoms with Gasteiger partial charge in [-0.25, -0.2) is 0 Å². The molecule has 19 heavy (non-hydrogen) atoms. The van der Waals surface area contributed by atoms with Crippen molar-refractivity contribution in [1.82, 2.24) is 12.2 Å². The quantitative estimate of drug-likeness (QED) is 0.463. The average Bonchev–Trinajstić information content (AvgIpc) is 2.79. The Morgan fingerprint density at radius 3 is 2.53 bits per heavy atom. The van der Waals surface area contributed by atoms with Crippen LogP contribution in [0, 0.1) is 0 Å². The number of methoxy groups -OCH3 is 1. The first-order valence-electron chi connectivity index (χ1n) is 5.97. The van der Waals surface area contributed by atoms with E-state index in [-0.39, 0.29) is 0 Å². The van der Waals surface area contributed by atoms with Gasteiger partial charge in [0.1, 0.15) is 0 Å². The first-order valence-corrected chi connectivity index (χ1v) is 9.43. The van der Waals surface area contributed by atoms with Crippen LogP contribution in [0.3, 0.4) is 0 Å². The maximum absolute atomic E-state index is 12.2. The summed E-state index contributed by atoms with van der Waals surface area (Å²) in [7, 11) is 3.49. The number of allylic oxidation sites excluding steroid dienone is 1. The predicted octanol–water partition coefficient (Wildman–Crippen LogP) is -0.922. The third-order valence-electron chi connectivity index (χ3n) is 3.21. The van der Waals surface area contributed by atoms with E-state index < -0.39 is 34.4 Å². The van der Waals surface area contributed by atoms with Crippen molar-refractivity contribution in [1.29, 1.82) is 0 Å². The Labute approximate surface area is 128 Å². The summed E-state index contributed by atoms with van der Waals surface area (Å²) in [5.74, 6) is -0.421. The van der Waals surface area contributed by atoms with E-state index in [1.165, 1.54) is 9.52 Å². The minimum absolute atomic E-state index is 0.427. The molecule has 1 saturated heterocycles. The number of hydrogen-bond acceptors (Lipinski definition) is 5. The molecule has 0 aromatic heterocycles. The average molecular weight is 388 g/mol. The molecule has 6 nitrogen and oxygen atoms in total. The molecule has 0 unspecified atom stereocenters. The molecule has 2 aliphatic rings. The molecule has 2 heterocycles. The first-order chi connectivity index (χ1) is 9.02. The van der Waals surface area contributed by atoms with Crippen LogP contribution in [0.5, 0.6) is 0 Å². The molecule has 0 aromatic rings. The number of amides is 1. The van der Waals surface area contributed by atoms with E-state index in [0.29, 0.717) is 22.1 Å². The standard InChI is InChI=1S/C11H15ClN3O3.In/c1-14-3-5-15(6-4-14)11(17)10(16)7-9(18-2)8-13-12;/h8H,3-6H2,1-2H3;/q-1;+1. The topological polar surface area (TPSA) is 53.1 Å². The van der Waals surface area contributed by atoms with Gasteiger partial charge in [-0.15, -0.1) is 0 Å². The zero-order valence-corrected chi connectivity index (χ0v) is 15.0. The van der Waals surface area contributed by atoms with Crippen LogP contribution in [-0.2, 0) is 14.3 Å². The molecule has 0 aromatic carbocycles.